The average Bonchev–Trinajstić information content (AvgIpc) is 2.52. The summed E-state index contributed by atoms with van der Waals surface area (Å²) in [6.45, 7) is 0. The maximum absolute atomic E-state index is 10.7. The van der Waals surface area contributed by atoms with Crippen LogP contribution >= 0.6 is 0 Å². The van der Waals surface area contributed by atoms with E-state index in [1.165, 1.54) is 35.0 Å². The second-order valence-electron chi connectivity index (χ2n) is 5.69. The molecule has 1 aromatic carbocycles. The minimum atomic E-state index is -6.09. The van der Waals surface area contributed by atoms with Gasteiger partial charge in [0.15, 0.2) is 15.8 Å². The van der Waals surface area contributed by atoms with E-state index >= 15 is 0 Å². The number of hydrogen-bond donors (Lipinski definition) is 0. The highest BCUT2D eigenvalue weighted by Crippen LogP contribution is 2.33. The van der Waals surface area contributed by atoms with Crippen LogP contribution in [0.4, 0.5) is 13.2 Å². The van der Waals surface area contributed by atoms with Crippen molar-refractivity contribution < 1.29 is 31.1 Å². The van der Waals surface area contributed by atoms with Crippen molar-refractivity contribution in [2.24, 2.45) is 0 Å². The highest BCUT2D eigenvalue weighted by atomic mass is 32.2. The van der Waals surface area contributed by atoms with Gasteiger partial charge in [-0.2, -0.15) is 13.2 Å². The lowest BCUT2D eigenvalue weighted by Crippen LogP contribution is -2.21. The Balaban J connectivity index is 0.000000242. The Bertz CT molecular complexity index is 901. The first kappa shape index (κ1) is 19.2. The van der Waals surface area contributed by atoms with E-state index in [1.54, 1.807) is 0 Å². The molecule has 8 heteroatoms. The van der Waals surface area contributed by atoms with Gasteiger partial charge in [-0.3, -0.25) is 0 Å². The maximum atomic E-state index is 10.7. The number of alkyl halides is 3. The zero-order valence-electron chi connectivity index (χ0n) is 13.1. The van der Waals surface area contributed by atoms with Gasteiger partial charge in [0.1, 0.15) is 0 Å². The first-order valence-electron chi connectivity index (χ1n) is 7.53. The predicted octanol–water partition coefficient (Wildman–Crippen LogP) is 3.15. The number of aryl methyl sites for hydroxylation is 1. The second-order valence-corrected chi connectivity index (χ2v) is 7.06. The van der Waals surface area contributed by atoms with Gasteiger partial charge in [-0.1, -0.05) is 12.1 Å². The summed E-state index contributed by atoms with van der Waals surface area (Å²) in [5.41, 5.74) is -1.59. The van der Waals surface area contributed by atoms with Crippen molar-refractivity contribution in [2.45, 2.75) is 37.1 Å². The van der Waals surface area contributed by atoms with Crippen LogP contribution in [0.3, 0.4) is 0 Å². The topological polar surface area (TPSA) is 71.3 Å². The molecule has 0 radical (unpaired) electrons. The van der Waals surface area contributed by atoms with E-state index in [-0.39, 0.29) is 0 Å². The third kappa shape index (κ3) is 4.71. The molecule has 1 N–H and O–H groups in total. The molecule has 3 rings (SSSR count). The number of rotatable bonds is 1. The first-order valence-corrected chi connectivity index (χ1v) is 8.93. The molecular formula is C17H16F3NO3S. The molecule has 25 heavy (non-hydrogen) atoms. The summed E-state index contributed by atoms with van der Waals surface area (Å²) in [7, 11) is -6.09. The number of H-pyrrole nitrogens is 1. The van der Waals surface area contributed by atoms with Crippen LogP contribution in [0.2, 0.25) is 0 Å². The van der Waals surface area contributed by atoms with Gasteiger partial charge in [-0.05, 0) is 25.0 Å². The normalized spacial score (nSPS) is 17.2. The van der Waals surface area contributed by atoms with E-state index in [0.29, 0.717) is 5.92 Å². The van der Waals surface area contributed by atoms with E-state index in [4.69, 9.17) is 19.4 Å². The summed E-state index contributed by atoms with van der Waals surface area (Å²) < 4.78 is 58.9. The summed E-state index contributed by atoms with van der Waals surface area (Å²) in [4.78, 5) is 3.57. The Morgan fingerprint density at radius 3 is 2.56 bits per heavy atom. The fraction of sp³-hybridized carbons (Fsp3) is 0.353. The van der Waals surface area contributed by atoms with Crippen LogP contribution in [0.1, 0.15) is 36.4 Å². The number of terminal acetylenes is 1. The number of para-hydroxylation sites is 1. The van der Waals surface area contributed by atoms with Gasteiger partial charge < -0.3 is 4.55 Å². The molecule has 0 fully saturated rings. The van der Waals surface area contributed by atoms with E-state index in [2.05, 4.69) is 41.2 Å². The SMILES string of the molecule is C#CCC1CCCc2[nH+]c3ccccc3cc21.O=S(=O)([O-])C(F)(F)F. The summed E-state index contributed by atoms with van der Waals surface area (Å²) in [5, 5.41) is 1.29. The lowest BCUT2D eigenvalue weighted by atomic mass is 9.83. The molecule has 0 saturated carbocycles. The van der Waals surface area contributed by atoms with E-state index in [0.717, 1.165) is 12.8 Å². The van der Waals surface area contributed by atoms with Crippen molar-refractivity contribution >= 4 is 21.0 Å². The van der Waals surface area contributed by atoms with Gasteiger partial charge in [0.2, 0.25) is 5.52 Å². The third-order valence-electron chi connectivity index (χ3n) is 3.97. The highest BCUT2D eigenvalue weighted by molar-refractivity contribution is 7.86. The van der Waals surface area contributed by atoms with Crippen molar-refractivity contribution in [1.29, 1.82) is 0 Å². The molecule has 2 aromatic rings. The van der Waals surface area contributed by atoms with Crippen molar-refractivity contribution in [1.82, 2.24) is 0 Å². The first-order chi connectivity index (χ1) is 11.6. The van der Waals surface area contributed by atoms with E-state index in [9.17, 15) is 13.2 Å². The molecule has 1 aromatic heterocycles. The molecule has 1 aliphatic carbocycles. The van der Waals surface area contributed by atoms with Crippen LogP contribution in [0.5, 0.6) is 0 Å². The van der Waals surface area contributed by atoms with Gasteiger partial charge in [0.25, 0.3) is 0 Å². The molecule has 1 atom stereocenters. The van der Waals surface area contributed by atoms with Gasteiger partial charge in [0, 0.05) is 35.8 Å². The fourth-order valence-electron chi connectivity index (χ4n) is 2.83. The number of hydrogen-bond acceptors (Lipinski definition) is 3. The minimum absolute atomic E-state index is 0.546. The Hall–Kier alpha value is -2.11. The summed E-state index contributed by atoms with van der Waals surface area (Å²) >= 11 is 0. The zero-order chi connectivity index (χ0) is 18.7. The minimum Gasteiger partial charge on any atom is -0.741 e. The number of halogens is 3. The molecule has 0 amide bonds. The smallest absolute Gasteiger partial charge is 0.485 e. The molecule has 1 aliphatic rings. The van der Waals surface area contributed by atoms with Crippen molar-refractivity contribution in [3.05, 3.63) is 41.6 Å². The Morgan fingerprint density at radius 2 is 1.96 bits per heavy atom. The molecule has 134 valence electrons. The molecule has 4 nitrogen and oxygen atoms in total. The quantitative estimate of drug-likeness (QED) is 0.439. The number of nitrogens with one attached hydrogen (secondary N) is 1. The lowest BCUT2D eigenvalue weighted by Gasteiger charge is -2.20. The second kappa shape index (κ2) is 7.42. The van der Waals surface area contributed by atoms with E-state index in [1.807, 2.05) is 0 Å². The van der Waals surface area contributed by atoms with Crippen LogP contribution < -0.4 is 4.98 Å². The standard InChI is InChI=1S/C16H15N.CHF3O3S/c1-2-6-12-8-5-10-16-14(12)11-13-7-3-4-9-15(13)17-16;2-1(3,4)8(5,6)7/h1,3-4,7,9,11-12H,5-6,8,10H2;(H,5,6,7). The molecule has 0 spiro atoms. The zero-order valence-corrected chi connectivity index (χ0v) is 14.0. The molecule has 0 saturated heterocycles. The van der Waals surface area contributed by atoms with Crippen LogP contribution in [-0.2, 0) is 16.5 Å². The van der Waals surface area contributed by atoms with Crippen molar-refractivity contribution in [3.63, 3.8) is 0 Å². The van der Waals surface area contributed by atoms with Crippen LogP contribution in [0.15, 0.2) is 30.3 Å². The van der Waals surface area contributed by atoms with Gasteiger partial charge in [-0.25, -0.2) is 13.4 Å². The predicted molar refractivity (Wildman–Crippen MR) is 85.4 cm³/mol. The fourth-order valence-corrected chi connectivity index (χ4v) is 2.83. The highest BCUT2D eigenvalue weighted by Gasteiger charge is 2.36. The molecule has 1 heterocycles. The van der Waals surface area contributed by atoms with Crippen LogP contribution in [-0.4, -0.2) is 18.5 Å². The van der Waals surface area contributed by atoms with Gasteiger partial charge in [-0.15, -0.1) is 12.3 Å². The van der Waals surface area contributed by atoms with Crippen LogP contribution in [0.25, 0.3) is 10.9 Å². The maximum Gasteiger partial charge on any atom is 0.485 e. The lowest BCUT2D eigenvalue weighted by molar-refractivity contribution is -0.359. The Kier molecular flexibility index (Phi) is 5.70. The number of benzene rings is 1. The number of pyridine rings is 1. The van der Waals surface area contributed by atoms with Crippen LogP contribution in [0, 0.1) is 12.3 Å². The monoisotopic (exact) mass is 371 g/mol. The summed E-state index contributed by atoms with van der Waals surface area (Å²) in [5.74, 6) is 3.36. The Labute approximate surface area is 143 Å². The van der Waals surface area contributed by atoms with Gasteiger partial charge in [0.05, 0.1) is 0 Å². The largest absolute Gasteiger partial charge is 0.741 e. The summed E-state index contributed by atoms with van der Waals surface area (Å²) in [6.07, 6.45) is 9.95. The third-order valence-corrected chi connectivity index (χ3v) is 4.54. The molecule has 1 unspecified atom stereocenters. The number of aromatic amines is 1. The van der Waals surface area contributed by atoms with Gasteiger partial charge >= 0.3 is 5.51 Å². The Morgan fingerprint density at radius 1 is 1.32 bits per heavy atom. The molecule has 0 aliphatic heterocycles. The van der Waals surface area contributed by atoms with Crippen molar-refractivity contribution in [2.75, 3.05) is 0 Å². The number of fused-ring (bicyclic) bond motifs is 2. The average molecular weight is 371 g/mol. The van der Waals surface area contributed by atoms with E-state index < -0.39 is 15.6 Å². The van der Waals surface area contributed by atoms with Crippen molar-refractivity contribution in [3.8, 4) is 12.3 Å². The summed E-state index contributed by atoms with van der Waals surface area (Å²) in [6, 6.07) is 10.8. The molecular weight excluding hydrogens is 355 g/mol. The molecule has 0 bridgehead atoms. The number of aromatic nitrogens is 1.